The highest BCUT2D eigenvalue weighted by molar-refractivity contribution is 7.20. The number of carbonyl (C=O) groups excluding carboxylic acids is 2. The standard InChI is InChI=1S/C31H29N5O3S/c1-4-26(37)34-21-11-10-20(17-21)33-19(3)29-28-27-25(14-15-32-30(27)40-29)36(31(38)35-28)24-13-12-23(16-18(24)2)39-22-8-6-5-7-9-22/h4-9,12-16,20-21,33H,1,3,10-11,17H2,2H3,(H,34,37)(H,35,38)/t20-,21+/m1/s1. The molecule has 3 amide bonds. The third kappa shape index (κ3) is 4.80. The van der Waals surface area contributed by atoms with Gasteiger partial charge in [-0.25, -0.2) is 9.78 Å². The van der Waals surface area contributed by atoms with Crippen molar-refractivity contribution in [2.45, 2.75) is 38.3 Å². The van der Waals surface area contributed by atoms with E-state index < -0.39 is 0 Å². The van der Waals surface area contributed by atoms with E-state index in [0.29, 0.717) is 5.75 Å². The minimum atomic E-state index is -0.250. The van der Waals surface area contributed by atoms with E-state index in [0.717, 1.165) is 68.4 Å². The molecule has 0 bridgehead atoms. The number of nitrogens with zero attached hydrogens (tertiary/aromatic N) is 2. The molecule has 2 atom stereocenters. The second-order valence-corrected chi connectivity index (χ2v) is 11.0. The van der Waals surface area contributed by atoms with Gasteiger partial charge in [0, 0.05) is 24.0 Å². The monoisotopic (exact) mass is 551 g/mol. The average Bonchev–Trinajstić information content (AvgIpc) is 3.55. The predicted molar refractivity (Wildman–Crippen MR) is 160 cm³/mol. The smallest absolute Gasteiger partial charge is 0.331 e. The summed E-state index contributed by atoms with van der Waals surface area (Å²) in [5.41, 5.74) is 3.89. The fraction of sp³-hybridized carbons (Fsp3) is 0.194. The first kappa shape index (κ1) is 25.6. The van der Waals surface area contributed by atoms with Gasteiger partial charge in [0.05, 0.1) is 27.3 Å². The molecule has 8 nitrogen and oxygen atoms in total. The van der Waals surface area contributed by atoms with Crippen LogP contribution in [0.5, 0.6) is 11.5 Å². The number of anilines is 3. The van der Waals surface area contributed by atoms with Crippen molar-refractivity contribution in [2.24, 2.45) is 0 Å². The molecule has 2 aromatic carbocycles. The molecule has 2 aliphatic rings. The van der Waals surface area contributed by atoms with Crippen molar-refractivity contribution in [1.82, 2.24) is 15.6 Å². The number of carbonyl (C=O) groups is 2. The van der Waals surface area contributed by atoms with E-state index >= 15 is 0 Å². The predicted octanol–water partition coefficient (Wildman–Crippen LogP) is 6.86. The van der Waals surface area contributed by atoms with Crippen LogP contribution in [0.2, 0.25) is 0 Å². The second-order valence-electron chi connectivity index (χ2n) is 9.99. The number of thiophene rings is 1. The Hall–Kier alpha value is -4.63. The van der Waals surface area contributed by atoms with Crippen LogP contribution in [0.25, 0.3) is 15.9 Å². The number of hydrogen-bond donors (Lipinski definition) is 3. The number of nitrogens with one attached hydrogen (secondary N) is 3. The van der Waals surface area contributed by atoms with E-state index in [-0.39, 0.29) is 24.0 Å². The molecule has 1 saturated carbocycles. The Morgan fingerprint density at radius 2 is 1.88 bits per heavy atom. The van der Waals surface area contributed by atoms with E-state index in [9.17, 15) is 9.59 Å². The number of ether oxygens (including phenoxy) is 1. The highest BCUT2D eigenvalue weighted by atomic mass is 32.1. The molecule has 1 fully saturated rings. The van der Waals surface area contributed by atoms with Crippen LogP contribution in [0.4, 0.5) is 21.9 Å². The largest absolute Gasteiger partial charge is 0.457 e. The lowest BCUT2D eigenvalue weighted by Gasteiger charge is -2.30. The van der Waals surface area contributed by atoms with Crippen molar-refractivity contribution in [1.29, 1.82) is 0 Å². The Bertz CT molecular complexity index is 1650. The molecule has 0 radical (unpaired) electrons. The summed E-state index contributed by atoms with van der Waals surface area (Å²) in [6, 6.07) is 17.2. The molecular formula is C31H29N5O3S. The van der Waals surface area contributed by atoms with Crippen molar-refractivity contribution in [3.63, 3.8) is 0 Å². The average molecular weight is 552 g/mol. The van der Waals surface area contributed by atoms with Crippen molar-refractivity contribution in [2.75, 3.05) is 10.2 Å². The molecule has 3 N–H and O–H groups in total. The molecule has 4 aromatic rings. The van der Waals surface area contributed by atoms with Gasteiger partial charge in [0.15, 0.2) is 0 Å². The summed E-state index contributed by atoms with van der Waals surface area (Å²) >= 11 is 1.50. The van der Waals surface area contributed by atoms with Crippen LogP contribution < -0.4 is 25.6 Å². The topological polar surface area (TPSA) is 95.6 Å². The summed E-state index contributed by atoms with van der Waals surface area (Å²) in [6.07, 6.45) is 5.62. The lowest BCUT2D eigenvalue weighted by atomic mass is 10.1. The van der Waals surface area contributed by atoms with E-state index in [1.54, 1.807) is 11.1 Å². The molecule has 1 aliphatic heterocycles. The van der Waals surface area contributed by atoms with Gasteiger partial charge in [-0.2, -0.15) is 0 Å². The minimum absolute atomic E-state index is 0.103. The number of amides is 3. The summed E-state index contributed by atoms with van der Waals surface area (Å²) in [5, 5.41) is 10.5. The van der Waals surface area contributed by atoms with Crippen LogP contribution in [0.1, 0.15) is 29.7 Å². The van der Waals surface area contributed by atoms with Gasteiger partial charge in [0.2, 0.25) is 5.91 Å². The first-order valence-corrected chi connectivity index (χ1v) is 14.0. The number of para-hydroxylation sites is 1. The number of urea groups is 1. The van der Waals surface area contributed by atoms with Gasteiger partial charge in [-0.15, -0.1) is 11.3 Å². The lowest BCUT2D eigenvalue weighted by Crippen LogP contribution is -2.35. The van der Waals surface area contributed by atoms with Gasteiger partial charge in [-0.05, 0) is 74.2 Å². The van der Waals surface area contributed by atoms with Gasteiger partial charge in [0.25, 0.3) is 0 Å². The maximum Gasteiger partial charge on any atom is 0.331 e. The summed E-state index contributed by atoms with van der Waals surface area (Å²) in [5.74, 6) is 1.29. The second kappa shape index (κ2) is 10.5. The third-order valence-electron chi connectivity index (χ3n) is 7.25. The maximum atomic E-state index is 13.6. The van der Waals surface area contributed by atoms with Crippen molar-refractivity contribution >= 4 is 56.3 Å². The molecule has 9 heteroatoms. The highest BCUT2D eigenvalue weighted by Crippen LogP contribution is 2.48. The summed E-state index contributed by atoms with van der Waals surface area (Å²) in [6.45, 7) is 9.79. The van der Waals surface area contributed by atoms with Crippen molar-refractivity contribution < 1.29 is 14.3 Å². The molecule has 0 spiro atoms. The zero-order chi connectivity index (χ0) is 27.8. The van der Waals surface area contributed by atoms with Gasteiger partial charge in [-0.1, -0.05) is 31.4 Å². The fourth-order valence-electron chi connectivity index (χ4n) is 5.42. The van der Waals surface area contributed by atoms with Crippen LogP contribution in [-0.4, -0.2) is 29.0 Å². The number of aromatic nitrogens is 1. The van der Waals surface area contributed by atoms with Crippen LogP contribution in [0.15, 0.2) is 80.0 Å². The SMILES string of the molecule is C=CC(=O)N[C@H]1CC[C@@H](NC(=C)c2sc3nccc4c3c2NC(=O)N4c2ccc(Oc3ccccc3)cc2C)C1. The fourth-order valence-corrected chi connectivity index (χ4v) is 6.47. The first-order chi connectivity index (χ1) is 19.4. The van der Waals surface area contributed by atoms with E-state index in [1.807, 2.05) is 61.5 Å². The number of hydrogen-bond acceptors (Lipinski definition) is 6. The Kier molecular flexibility index (Phi) is 6.73. The minimum Gasteiger partial charge on any atom is -0.457 e. The van der Waals surface area contributed by atoms with Crippen LogP contribution in [0.3, 0.4) is 0 Å². The maximum absolute atomic E-state index is 13.6. The number of rotatable bonds is 8. The van der Waals surface area contributed by atoms with Crippen molar-refractivity contribution in [3.05, 3.63) is 90.5 Å². The summed E-state index contributed by atoms with van der Waals surface area (Å²) < 4.78 is 5.99. The molecule has 0 unspecified atom stereocenters. The number of benzene rings is 2. The van der Waals surface area contributed by atoms with Crippen LogP contribution in [-0.2, 0) is 4.79 Å². The summed E-state index contributed by atoms with van der Waals surface area (Å²) in [4.78, 5) is 33.2. The van der Waals surface area contributed by atoms with Crippen molar-refractivity contribution in [3.8, 4) is 11.5 Å². The molecule has 0 saturated heterocycles. The Balaban J connectivity index is 1.27. The van der Waals surface area contributed by atoms with Gasteiger partial charge < -0.3 is 20.7 Å². The number of pyridine rings is 1. The normalized spacial score (nSPS) is 17.8. The molecule has 202 valence electrons. The quantitative estimate of drug-likeness (QED) is 0.208. The Labute approximate surface area is 236 Å². The first-order valence-electron chi connectivity index (χ1n) is 13.2. The Morgan fingerprint density at radius 1 is 1.10 bits per heavy atom. The van der Waals surface area contributed by atoms with Gasteiger partial charge >= 0.3 is 6.03 Å². The Morgan fingerprint density at radius 3 is 2.62 bits per heavy atom. The zero-order valence-corrected chi connectivity index (χ0v) is 22.9. The summed E-state index contributed by atoms with van der Waals surface area (Å²) in [7, 11) is 0. The highest BCUT2D eigenvalue weighted by Gasteiger charge is 2.33. The van der Waals surface area contributed by atoms with Gasteiger partial charge in [-0.3, -0.25) is 9.69 Å². The third-order valence-corrected chi connectivity index (χ3v) is 8.41. The van der Waals surface area contributed by atoms with Crippen LogP contribution in [0, 0.1) is 6.92 Å². The van der Waals surface area contributed by atoms with Crippen LogP contribution >= 0.6 is 11.3 Å². The number of aryl methyl sites for hydroxylation is 1. The van der Waals surface area contributed by atoms with E-state index in [2.05, 4.69) is 34.1 Å². The lowest BCUT2D eigenvalue weighted by molar-refractivity contribution is -0.117. The molecule has 1 aliphatic carbocycles. The molecule has 3 heterocycles. The molecule has 2 aromatic heterocycles. The molecule has 6 rings (SSSR count). The molecular weight excluding hydrogens is 522 g/mol. The molecule has 40 heavy (non-hydrogen) atoms. The van der Waals surface area contributed by atoms with E-state index in [1.165, 1.54) is 17.4 Å². The zero-order valence-electron chi connectivity index (χ0n) is 22.1. The van der Waals surface area contributed by atoms with E-state index in [4.69, 9.17) is 4.74 Å². The van der Waals surface area contributed by atoms with Gasteiger partial charge in [0.1, 0.15) is 16.3 Å².